The van der Waals surface area contributed by atoms with Crippen molar-refractivity contribution in [2.45, 2.75) is 71.7 Å². The number of rotatable bonds is 6. The number of carbonyl (C=O) groups is 3. The molecule has 0 radical (unpaired) electrons. The Balaban J connectivity index is 1.65. The molecule has 44 heavy (non-hydrogen) atoms. The highest BCUT2D eigenvalue weighted by atomic mass is 16.3. The zero-order valence-electron chi connectivity index (χ0n) is 25.0. The third-order valence-electron chi connectivity index (χ3n) is 9.61. The second kappa shape index (κ2) is 9.74. The van der Waals surface area contributed by atoms with Crippen molar-refractivity contribution in [3.05, 3.63) is 69.8 Å². The molecule has 0 fully saturated rings. The molecule has 3 unspecified atom stereocenters. The fourth-order valence-corrected chi connectivity index (χ4v) is 7.74. The van der Waals surface area contributed by atoms with Gasteiger partial charge in [-0.25, -0.2) is 0 Å². The van der Waals surface area contributed by atoms with Gasteiger partial charge in [0, 0.05) is 61.3 Å². The fourth-order valence-electron chi connectivity index (χ4n) is 7.74. The summed E-state index contributed by atoms with van der Waals surface area (Å²) in [5.74, 6) is -1.09. The first kappa shape index (κ1) is 27.8. The van der Waals surface area contributed by atoms with Gasteiger partial charge in [0.15, 0.2) is 6.23 Å². The van der Waals surface area contributed by atoms with E-state index >= 15 is 0 Å². The van der Waals surface area contributed by atoms with Crippen molar-refractivity contribution in [3.63, 3.8) is 0 Å². The highest BCUT2D eigenvalue weighted by molar-refractivity contribution is 6.40. The average Bonchev–Trinajstić information content (AvgIpc) is 3.01. The molecule has 7 rings (SSSR count). The van der Waals surface area contributed by atoms with Crippen LogP contribution in [0.2, 0.25) is 0 Å². The van der Waals surface area contributed by atoms with E-state index in [0.717, 1.165) is 12.8 Å². The molecule has 5 aromatic carbocycles. The summed E-state index contributed by atoms with van der Waals surface area (Å²) in [6, 6.07) is 14.3. The lowest BCUT2D eigenvalue weighted by molar-refractivity contribution is -0.0139. The molecule has 8 nitrogen and oxygen atoms in total. The Morgan fingerprint density at radius 1 is 0.705 bits per heavy atom. The number of carbonyl (C=O) groups excluding carboxylic acids is 3. The number of amides is 3. The molecule has 2 aliphatic rings. The van der Waals surface area contributed by atoms with Crippen molar-refractivity contribution in [2.75, 3.05) is 0 Å². The van der Waals surface area contributed by atoms with Gasteiger partial charge in [0.25, 0.3) is 17.7 Å². The summed E-state index contributed by atoms with van der Waals surface area (Å²) in [6.45, 7) is 7.79. The molecular weight excluding hydrogens is 552 g/mol. The van der Waals surface area contributed by atoms with Gasteiger partial charge in [-0.15, -0.1) is 0 Å². The number of imide groups is 1. The number of fused-ring (bicyclic) bond motifs is 2. The molecule has 2 aliphatic heterocycles. The third kappa shape index (κ3) is 3.38. The fraction of sp³-hybridized carbons (Fsp3) is 0.306. The number of aliphatic hydroxyl groups is 1. The maximum absolute atomic E-state index is 14.0. The van der Waals surface area contributed by atoms with Crippen LogP contribution in [-0.2, 0) is 0 Å². The number of hydrogen-bond donors (Lipinski definition) is 1. The molecule has 0 saturated carbocycles. The highest BCUT2D eigenvalue weighted by Crippen LogP contribution is 2.50. The highest BCUT2D eigenvalue weighted by Gasteiger charge is 2.40. The number of nitrogens with zero attached hydrogens (tertiary/aromatic N) is 4. The van der Waals surface area contributed by atoms with Gasteiger partial charge in [0.1, 0.15) is 0 Å². The summed E-state index contributed by atoms with van der Waals surface area (Å²) in [6.07, 6.45) is 1.74. The molecule has 5 aromatic rings. The van der Waals surface area contributed by atoms with Crippen molar-refractivity contribution < 1.29 is 19.5 Å². The van der Waals surface area contributed by atoms with E-state index in [2.05, 4.69) is 12.1 Å². The number of hydrogen-bond acceptors (Lipinski definition) is 6. The second-order valence-electron chi connectivity index (χ2n) is 12.1. The number of nitriles is 2. The van der Waals surface area contributed by atoms with E-state index in [9.17, 15) is 30.0 Å². The predicted octanol–water partition coefficient (Wildman–Crippen LogP) is 6.90. The van der Waals surface area contributed by atoms with Crippen molar-refractivity contribution in [1.82, 2.24) is 9.80 Å². The average molecular weight is 583 g/mol. The third-order valence-corrected chi connectivity index (χ3v) is 9.61. The number of benzene rings is 5. The monoisotopic (exact) mass is 582 g/mol. The summed E-state index contributed by atoms with van der Waals surface area (Å²) in [5.41, 5.74) is 2.10. The first-order valence-electron chi connectivity index (χ1n) is 15.2. The second-order valence-corrected chi connectivity index (χ2v) is 12.1. The Kier molecular flexibility index (Phi) is 6.14. The summed E-state index contributed by atoms with van der Waals surface area (Å²) in [4.78, 5) is 44.4. The summed E-state index contributed by atoms with van der Waals surface area (Å²) >= 11 is 0. The molecule has 8 heteroatoms. The first-order chi connectivity index (χ1) is 21.2. The van der Waals surface area contributed by atoms with Crippen LogP contribution in [-0.4, -0.2) is 44.7 Å². The van der Waals surface area contributed by atoms with Crippen LogP contribution in [0, 0.1) is 22.7 Å². The predicted molar refractivity (Wildman–Crippen MR) is 167 cm³/mol. The van der Waals surface area contributed by atoms with Crippen LogP contribution >= 0.6 is 0 Å². The van der Waals surface area contributed by atoms with Gasteiger partial charge < -0.3 is 10.0 Å². The molecule has 2 heterocycles. The van der Waals surface area contributed by atoms with Crippen LogP contribution in [0.15, 0.2) is 36.4 Å². The lowest BCUT2D eigenvalue weighted by Gasteiger charge is -2.38. The van der Waals surface area contributed by atoms with E-state index in [1.165, 1.54) is 9.80 Å². The van der Waals surface area contributed by atoms with Gasteiger partial charge in [0.2, 0.25) is 0 Å². The molecule has 3 amide bonds. The quantitative estimate of drug-likeness (QED) is 0.132. The van der Waals surface area contributed by atoms with Gasteiger partial charge in [0.05, 0.1) is 23.3 Å². The van der Waals surface area contributed by atoms with Gasteiger partial charge in [-0.3, -0.25) is 19.3 Å². The van der Waals surface area contributed by atoms with Gasteiger partial charge >= 0.3 is 0 Å². The maximum Gasteiger partial charge on any atom is 0.261 e. The molecule has 218 valence electrons. The lowest BCUT2D eigenvalue weighted by Crippen LogP contribution is -2.45. The normalized spacial score (nSPS) is 17.6. The van der Waals surface area contributed by atoms with Crippen molar-refractivity contribution in [1.29, 1.82) is 10.5 Å². The molecule has 0 spiro atoms. The molecule has 0 saturated heterocycles. The largest absolute Gasteiger partial charge is 0.369 e. The summed E-state index contributed by atoms with van der Waals surface area (Å²) in [5, 5.41) is 37.1. The molecular formula is C36H30N4O4. The van der Waals surface area contributed by atoms with Crippen LogP contribution in [0.3, 0.4) is 0 Å². The minimum atomic E-state index is -1.26. The lowest BCUT2D eigenvalue weighted by atomic mass is 9.79. The Morgan fingerprint density at radius 3 is 1.80 bits per heavy atom. The smallest absolute Gasteiger partial charge is 0.261 e. The minimum Gasteiger partial charge on any atom is -0.369 e. The topological polar surface area (TPSA) is 126 Å². The van der Waals surface area contributed by atoms with E-state index in [-0.39, 0.29) is 40.9 Å². The number of aliphatic hydroxyl groups excluding tert-OH is 1. The first-order valence-corrected chi connectivity index (χ1v) is 15.2. The van der Waals surface area contributed by atoms with Gasteiger partial charge in [-0.05, 0) is 67.1 Å². The zero-order valence-corrected chi connectivity index (χ0v) is 25.0. The Bertz CT molecular complexity index is 2130. The van der Waals surface area contributed by atoms with Crippen molar-refractivity contribution >= 4 is 60.8 Å². The summed E-state index contributed by atoms with van der Waals surface area (Å²) in [7, 11) is 0. The SMILES string of the molecule is CCCC(C)N1C(=O)c2ccc3c4c(C#N)cc5c6c(cc(C#N)c(c7ccc(c2c37)C1=O)c64)C(O)N(C(C)CCC)C5=O. The zero-order chi connectivity index (χ0) is 31.2. The minimum absolute atomic E-state index is 0.251. The van der Waals surface area contributed by atoms with Crippen molar-refractivity contribution in [3.8, 4) is 12.1 Å². The van der Waals surface area contributed by atoms with Gasteiger partial charge in [-0.1, -0.05) is 38.8 Å². The van der Waals surface area contributed by atoms with Crippen LogP contribution in [0.4, 0.5) is 0 Å². The van der Waals surface area contributed by atoms with E-state index < -0.39 is 6.23 Å². The van der Waals surface area contributed by atoms with Crippen molar-refractivity contribution in [2.24, 2.45) is 0 Å². The van der Waals surface area contributed by atoms with Crippen LogP contribution in [0.5, 0.6) is 0 Å². The standard InChI is InChI=1S/C36H30N4O4/c1-5-7-17(3)39-33(41)23-11-9-21-27-19(15-37)13-25-31-26(36(44)40(35(25)43)18(4)8-6-2)14-20(16-38)28(32(27)31)22-10-12-24(34(39)42)30(23)29(21)22/h9-14,17-18,35,43H,5-8H2,1-4H3. The van der Waals surface area contributed by atoms with Crippen LogP contribution < -0.4 is 0 Å². The Labute approximate surface area is 254 Å². The maximum atomic E-state index is 14.0. The van der Waals surface area contributed by atoms with E-state index in [4.69, 9.17) is 0 Å². The van der Waals surface area contributed by atoms with E-state index in [1.54, 1.807) is 36.4 Å². The molecule has 0 aliphatic carbocycles. The van der Waals surface area contributed by atoms with Gasteiger partial charge in [-0.2, -0.15) is 10.5 Å². The molecule has 1 N–H and O–H groups in total. The molecule has 0 bridgehead atoms. The van der Waals surface area contributed by atoms with E-state index in [1.807, 2.05) is 27.7 Å². The molecule has 0 aromatic heterocycles. The Morgan fingerprint density at radius 2 is 1.25 bits per heavy atom. The molecule has 3 atom stereocenters. The van der Waals surface area contributed by atoms with Crippen LogP contribution in [0.1, 0.15) is 107 Å². The van der Waals surface area contributed by atoms with Crippen LogP contribution in [0.25, 0.3) is 43.1 Å². The Hall–Kier alpha value is -5.05. The summed E-state index contributed by atoms with van der Waals surface area (Å²) < 4.78 is 0. The van der Waals surface area contributed by atoms with E-state index in [0.29, 0.717) is 78.2 Å².